The summed E-state index contributed by atoms with van der Waals surface area (Å²) in [4.78, 5) is 12.5. The quantitative estimate of drug-likeness (QED) is 0.631. The molecule has 1 unspecified atom stereocenters. The minimum atomic E-state index is -0.416. The van der Waals surface area contributed by atoms with Crippen molar-refractivity contribution < 1.29 is 9.53 Å². The molecule has 0 radical (unpaired) electrons. The Bertz CT molecular complexity index is 945. The van der Waals surface area contributed by atoms with Gasteiger partial charge < -0.3 is 10.1 Å². The molecule has 0 aliphatic carbocycles. The van der Waals surface area contributed by atoms with Crippen LogP contribution in [0.1, 0.15) is 12.5 Å². The Morgan fingerprint density at radius 1 is 1.26 bits per heavy atom. The van der Waals surface area contributed by atoms with Gasteiger partial charge in [0, 0.05) is 5.69 Å². The number of methoxy groups -OCH3 is 1. The molecule has 1 aromatic heterocycles. The first-order valence-electron chi connectivity index (χ1n) is 8.14. The number of rotatable bonds is 6. The molecule has 1 atom stereocenters. The van der Waals surface area contributed by atoms with Crippen molar-refractivity contribution in [1.29, 1.82) is 0 Å². The molecule has 0 saturated heterocycles. The van der Waals surface area contributed by atoms with Crippen LogP contribution in [0.3, 0.4) is 0 Å². The average molecular weight is 404 g/mol. The summed E-state index contributed by atoms with van der Waals surface area (Å²) in [5, 5.41) is 15.2. The molecule has 1 heterocycles. The van der Waals surface area contributed by atoms with E-state index in [1.165, 1.54) is 18.9 Å². The summed E-state index contributed by atoms with van der Waals surface area (Å²) in [5.41, 5.74) is 2.57. The van der Waals surface area contributed by atoms with Gasteiger partial charge in [0.15, 0.2) is 0 Å². The molecule has 0 spiro atoms. The third-order valence-electron chi connectivity index (χ3n) is 3.79. The SMILES string of the molecule is COc1ccc(NC(=O)C(C)Sc2nnnn2-c2ccc(C)cc2)cc1Cl. The molecule has 3 aromatic rings. The maximum absolute atomic E-state index is 12.5. The van der Waals surface area contributed by atoms with Crippen molar-refractivity contribution in [3.8, 4) is 11.4 Å². The number of hydrogen-bond donors (Lipinski definition) is 1. The number of carbonyl (C=O) groups is 1. The van der Waals surface area contributed by atoms with Crippen molar-refractivity contribution in [1.82, 2.24) is 20.2 Å². The maximum atomic E-state index is 12.5. The number of tetrazole rings is 1. The van der Waals surface area contributed by atoms with Crippen molar-refractivity contribution in [2.24, 2.45) is 0 Å². The van der Waals surface area contributed by atoms with Gasteiger partial charge in [-0.1, -0.05) is 41.1 Å². The lowest BCUT2D eigenvalue weighted by Crippen LogP contribution is -2.23. The molecule has 0 bridgehead atoms. The van der Waals surface area contributed by atoms with Crippen LogP contribution in [0.15, 0.2) is 47.6 Å². The highest BCUT2D eigenvalue weighted by atomic mass is 35.5. The third kappa shape index (κ3) is 4.58. The van der Waals surface area contributed by atoms with Gasteiger partial charge in [-0.3, -0.25) is 4.79 Å². The highest BCUT2D eigenvalue weighted by Gasteiger charge is 2.19. The Morgan fingerprint density at radius 3 is 2.67 bits per heavy atom. The molecule has 27 heavy (non-hydrogen) atoms. The summed E-state index contributed by atoms with van der Waals surface area (Å²) in [6.07, 6.45) is 0. The molecule has 0 aliphatic rings. The summed E-state index contributed by atoms with van der Waals surface area (Å²) >= 11 is 7.37. The van der Waals surface area contributed by atoms with Crippen LogP contribution in [0, 0.1) is 6.92 Å². The summed E-state index contributed by atoms with van der Waals surface area (Å²) in [6, 6.07) is 12.9. The predicted molar refractivity (Wildman–Crippen MR) is 106 cm³/mol. The number of amides is 1. The maximum Gasteiger partial charge on any atom is 0.237 e. The van der Waals surface area contributed by atoms with Crippen LogP contribution >= 0.6 is 23.4 Å². The van der Waals surface area contributed by atoms with Gasteiger partial charge >= 0.3 is 0 Å². The van der Waals surface area contributed by atoms with Crippen LogP contribution in [0.5, 0.6) is 5.75 Å². The Kier molecular flexibility index (Phi) is 5.98. The zero-order chi connectivity index (χ0) is 19.4. The molecule has 3 rings (SSSR count). The molecular formula is C18H18ClN5O2S. The van der Waals surface area contributed by atoms with Crippen molar-refractivity contribution in [2.45, 2.75) is 24.3 Å². The first-order chi connectivity index (χ1) is 13.0. The molecular weight excluding hydrogens is 386 g/mol. The van der Waals surface area contributed by atoms with Crippen molar-refractivity contribution in [3.63, 3.8) is 0 Å². The Morgan fingerprint density at radius 2 is 2.00 bits per heavy atom. The number of halogens is 1. The van der Waals surface area contributed by atoms with Crippen LogP contribution in [0.25, 0.3) is 5.69 Å². The Labute approximate surface area is 166 Å². The third-order valence-corrected chi connectivity index (χ3v) is 5.12. The zero-order valence-corrected chi connectivity index (χ0v) is 16.6. The van der Waals surface area contributed by atoms with Crippen molar-refractivity contribution >= 4 is 35.0 Å². The van der Waals surface area contributed by atoms with E-state index in [-0.39, 0.29) is 5.91 Å². The largest absolute Gasteiger partial charge is 0.495 e. The first-order valence-corrected chi connectivity index (χ1v) is 9.40. The molecule has 0 aliphatic heterocycles. The molecule has 2 aromatic carbocycles. The second-order valence-corrected chi connectivity index (χ2v) is 7.52. The van der Waals surface area contributed by atoms with Crippen LogP contribution in [0.2, 0.25) is 5.02 Å². The average Bonchev–Trinajstić information content (AvgIpc) is 3.10. The molecule has 140 valence electrons. The predicted octanol–water partition coefficient (Wildman–Crippen LogP) is 3.75. The molecule has 1 N–H and O–H groups in total. The first kappa shape index (κ1) is 19.2. The highest BCUT2D eigenvalue weighted by Crippen LogP contribution is 2.28. The van der Waals surface area contributed by atoms with Gasteiger partial charge in [0.2, 0.25) is 11.1 Å². The van der Waals surface area contributed by atoms with Gasteiger partial charge in [-0.2, -0.15) is 4.68 Å². The van der Waals surface area contributed by atoms with Gasteiger partial charge in [-0.05, 0) is 54.6 Å². The van der Waals surface area contributed by atoms with Gasteiger partial charge in [-0.25, -0.2) is 0 Å². The minimum Gasteiger partial charge on any atom is -0.495 e. The van der Waals surface area contributed by atoms with E-state index in [9.17, 15) is 4.79 Å². The number of aryl methyl sites for hydroxylation is 1. The van der Waals surface area contributed by atoms with Crippen molar-refractivity contribution in [3.05, 3.63) is 53.1 Å². The number of benzene rings is 2. The normalized spacial score (nSPS) is 11.9. The zero-order valence-electron chi connectivity index (χ0n) is 15.0. The van der Waals surface area contributed by atoms with E-state index in [0.717, 1.165) is 11.3 Å². The van der Waals surface area contributed by atoms with Crippen LogP contribution in [-0.2, 0) is 4.79 Å². The van der Waals surface area contributed by atoms with E-state index in [0.29, 0.717) is 21.6 Å². The second-order valence-electron chi connectivity index (χ2n) is 5.81. The lowest BCUT2D eigenvalue weighted by molar-refractivity contribution is -0.115. The molecule has 0 fully saturated rings. The Hall–Kier alpha value is -2.58. The second kappa shape index (κ2) is 8.41. The van der Waals surface area contributed by atoms with Gasteiger partial charge in [0.25, 0.3) is 0 Å². The monoisotopic (exact) mass is 403 g/mol. The van der Waals surface area contributed by atoms with E-state index in [1.807, 2.05) is 31.2 Å². The van der Waals surface area contributed by atoms with E-state index < -0.39 is 5.25 Å². The van der Waals surface area contributed by atoms with Gasteiger partial charge in [0.1, 0.15) is 5.75 Å². The van der Waals surface area contributed by atoms with Crippen LogP contribution in [-0.4, -0.2) is 38.5 Å². The summed E-state index contributed by atoms with van der Waals surface area (Å²) in [6.45, 7) is 3.80. The van der Waals surface area contributed by atoms with Gasteiger partial charge in [-0.15, -0.1) is 5.10 Å². The van der Waals surface area contributed by atoms with E-state index in [2.05, 4.69) is 20.8 Å². The smallest absolute Gasteiger partial charge is 0.237 e. The standard InChI is InChI=1S/C18H18ClN5O2S/c1-11-4-7-14(8-5-11)24-18(21-22-23-24)27-12(2)17(25)20-13-6-9-16(26-3)15(19)10-13/h4-10,12H,1-3H3,(H,20,25). The summed E-state index contributed by atoms with van der Waals surface area (Å²) < 4.78 is 6.72. The molecule has 7 nitrogen and oxygen atoms in total. The lowest BCUT2D eigenvalue weighted by Gasteiger charge is -2.12. The molecule has 0 saturated carbocycles. The number of aromatic nitrogens is 4. The number of nitrogens with zero attached hydrogens (tertiary/aromatic N) is 4. The summed E-state index contributed by atoms with van der Waals surface area (Å²) in [7, 11) is 1.54. The number of anilines is 1. The number of carbonyl (C=O) groups excluding carboxylic acids is 1. The number of ether oxygens (including phenoxy) is 1. The van der Waals surface area contributed by atoms with E-state index in [1.54, 1.807) is 29.8 Å². The Balaban J connectivity index is 1.69. The van der Waals surface area contributed by atoms with Crippen LogP contribution < -0.4 is 10.1 Å². The summed E-state index contributed by atoms with van der Waals surface area (Å²) in [5.74, 6) is 0.369. The fourth-order valence-electron chi connectivity index (χ4n) is 2.30. The van der Waals surface area contributed by atoms with Crippen LogP contribution in [0.4, 0.5) is 5.69 Å². The topological polar surface area (TPSA) is 81.9 Å². The highest BCUT2D eigenvalue weighted by molar-refractivity contribution is 8.00. The fraction of sp³-hybridized carbons (Fsp3) is 0.222. The van der Waals surface area contributed by atoms with Gasteiger partial charge in [0.05, 0.1) is 23.1 Å². The minimum absolute atomic E-state index is 0.181. The van der Waals surface area contributed by atoms with E-state index >= 15 is 0 Å². The fourth-order valence-corrected chi connectivity index (χ4v) is 3.37. The molecule has 9 heteroatoms. The van der Waals surface area contributed by atoms with E-state index in [4.69, 9.17) is 16.3 Å². The lowest BCUT2D eigenvalue weighted by atomic mass is 10.2. The number of thioether (sulfide) groups is 1. The number of hydrogen-bond acceptors (Lipinski definition) is 6. The van der Waals surface area contributed by atoms with Crippen molar-refractivity contribution in [2.75, 3.05) is 12.4 Å². The number of nitrogens with one attached hydrogen (secondary N) is 1. The molecule has 1 amide bonds.